The van der Waals surface area contributed by atoms with Crippen molar-refractivity contribution in [3.8, 4) is 0 Å². The van der Waals surface area contributed by atoms with Crippen molar-refractivity contribution in [2.75, 3.05) is 5.43 Å². The molecule has 0 aromatic carbocycles. The summed E-state index contributed by atoms with van der Waals surface area (Å²) in [6, 6.07) is -0.534. The predicted octanol–water partition coefficient (Wildman–Crippen LogP) is 0.485. The predicted molar refractivity (Wildman–Crippen MR) is 55.2 cm³/mol. The topological polar surface area (TPSA) is 72.9 Å². The van der Waals surface area contributed by atoms with Crippen LogP contribution in [0.15, 0.2) is 16.9 Å². The Kier molecular flexibility index (Phi) is 4.97. The van der Waals surface area contributed by atoms with E-state index in [9.17, 15) is 4.79 Å². The van der Waals surface area contributed by atoms with E-state index in [0.29, 0.717) is 0 Å². The van der Waals surface area contributed by atoms with Crippen LogP contribution in [0.25, 0.3) is 0 Å². The SMILES string of the molecule is C[C@@H](N)C(=O)Nn1cc(Br)cn1.Cl. The number of nitrogens with one attached hydrogen (secondary N) is 1. The minimum Gasteiger partial charge on any atom is -0.320 e. The van der Waals surface area contributed by atoms with Crippen LogP contribution in [0, 0.1) is 0 Å². The number of hydrogen-bond donors (Lipinski definition) is 2. The molecule has 1 amide bonds. The van der Waals surface area contributed by atoms with Gasteiger partial charge in [0.05, 0.1) is 22.9 Å². The number of halogens is 2. The van der Waals surface area contributed by atoms with E-state index >= 15 is 0 Å². The second-order valence-corrected chi connectivity index (χ2v) is 3.28. The molecule has 0 unspecified atom stereocenters. The van der Waals surface area contributed by atoms with E-state index in [-0.39, 0.29) is 18.3 Å². The van der Waals surface area contributed by atoms with Crippen LogP contribution in [0.3, 0.4) is 0 Å². The van der Waals surface area contributed by atoms with Crippen molar-refractivity contribution in [1.29, 1.82) is 0 Å². The minimum atomic E-state index is -0.534. The van der Waals surface area contributed by atoms with Crippen LogP contribution in [-0.4, -0.2) is 21.8 Å². The van der Waals surface area contributed by atoms with E-state index in [2.05, 4.69) is 26.5 Å². The first-order valence-electron chi connectivity index (χ1n) is 3.36. The molecular formula is C6H10BrClN4O. The molecule has 1 rings (SSSR count). The fourth-order valence-electron chi connectivity index (χ4n) is 0.577. The van der Waals surface area contributed by atoms with Crippen molar-refractivity contribution in [2.45, 2.75) is 13.0 Å². The highest BCUT2D eigenvalue weighted by Crippen LogP contribution is 2.04. The number of carbonyl (C=O) groups is 1. The second kappa shape index (κ2) is 5.21. The van der Waals surface area contributed by atoms with Crippen LogP contribution in [0.5, 0.6) is 0 Å². The molecule has 0 saturated heterocycles. The quantitative estimate of drug-likeness (QED) is 0.820. The number of nitrogens with zero attached hydrogens (tertiary/aromatic N) is 2. The molecule has 0 aliphatic rings. The van der Waals surface area contributed by atoms with Gasteiger partial charge in [0.25, 0.3) is 5.91 Å². The highest BCUT2D eigenvalue weighted by Gasteiger charge is 2.06. The highest BCUT2D eigenvalue weighted by molar-refractivity contribution is 9.10. The lowest BCUT2D eigenvalue weighted by Crippen LogP contribution is -2.37. The Morgan fingerprint density at radius 3 is 2.85 bits per heavy atom. The van der Waals surface area contributed by atoms with Gasteiger partial charge in [0.1, 0.15) is 0 Å². The van der Waals surface area contributed by atoms with E-state index < -0.39 is 6.04 Å². The molecule has 0 spiro atoms. The standard InChI is InChI=1S/C6H9BrN4O.ClH/c1-4(8)6(12)10-11-3-5(7)2-9-11;/h2-4H,8H2,1H3,(H,10,12);1H/t4-;/m1./s1. The van der Waals surface area contributed by atoms with Gasteiger partial charge in [-0.1, -0.05) is 0 Å². The third kappa shape index (κ3) is 3.75. The van der Waals surface area contributed by atoms with E-state index in [0.717, 1.165) is 4.47 Å². The molecule has 1 aromatic rings. The maximum Gasteiger partial charge on any atom is 0.256 e. The normalized spacial score (nSPS) is 11.6. The summed E-state index contributed by atoms with van der Waals surface area (Å²) in [4.78, 5) is 12.3. The van der Waals surface area contributed by atoms with Crippen LogP contribution in [0.4, 0.5) is 0 Å². The molecular weight excluding hydrogens is 259 g/mol. The maximum atomic E-state index is 11.0. The van der Waals surface area contributed by atoms with Gasteiger partial charge in [0.15, 0.2) is 0 Å². The Balaban J connectivity index is 0.00000144. The zero-order chi connectivity index (χ0) is 9.14. The van der Waals surface area contributed by atoms with Crippen LogP contribution in [0.1, 0.15) is 6.92 Å². The largest absolute Gasteiger partial charge is 0.320 e. The zero-order valence-corrected chi connectivity index (χ0v) is 9.30. The summed E-state index contributed by atoms with van der Waals surface area (Å²) in [5, 5.41) is 3.82. The summed E-state index contributed by atoms with van der Waals surface area (Å²) in [5.74, 6) is -0.273. The van der Waals surface area contributed by atoms with Crippen LogP contribution in [0.2, 0.25) is 0 Å². The fraction of sp³-hybridized carbons (Fsp3) is 0.333. The van der Waals surface area contributed by atoms with Crippen molar-refractivity contribution in [1.82, 2.24) is 9.89 Å². The van der Waals surface area contributed by atoms with Gasteiger partial charge in [-0.05, 0) is 22.9 Å². The van der Waals surface area contributed by atoms with E-state index in [4.69, 9.17) is 5.73 Å². The zero-order valence-electron chi connectivity index (χ0n) is 6.90. The number of nitrogens with two attached hydrogens (primary N) is 1. The highest BCUT2D eigenvalue weighted by atomic mass is 79.9. The summed E-state index contributed by atoms with van der Waals surface area (Å²) >= 11 is 3.19. The van der Waals surface area contributed by atoms with Crippen LogP contribution >= 0.6 is 28.3 Å². The maximum absolute atomic E-state index is 11.0. The summed E-state index contributed by atoms with van der Waals surface area (Å²) in [6.07, 6.45) is 3.20. The second-order valence-electron chi connectivity index (χ2n) is 2.37. The first-order chi connectivity index (χ1) is 5.59. The fourth-order valence-corrected chi connectivity index (χ4v) is 0.862. The van der Waals surface area contributed by atoms with Gasteiger partial charge in [-0.25, -0.2) is 5.43 Å². The molecule has 5 nitrogen and oxygen atoms in total. The number of amides is 1. The van der Waals surface area contributed by atoms with Gasteiger partial charge in [-0.3, -0.25) is 4.79 Å². The van der Waals surface area contributed by atoms with Gasteiger partial charge >= 0.3 is 0 Å². The van der Waals surface area contributed by atoms with Gasteiger partial charge in [-0.15, -0.1) is 12.4 Å². The Morgan fingerprint density at radius 2 is 2.46 bits per heavy atom. The average molecular weight is 270 g/mol. The number of hydrogen-bond acceptors (Lipinski definition) is 3. The van der Waals surface area contributed by atoms with Crippen molar-refractivity contribution in [3.05, 3.63) is 16.9 Å². The van der Waals surface area contributed by atoms with Gasteiger partial charge in [0.2, 0.25) is 0 Å². The molecule has 0 aliphatic heterocycles. The number of aromatic nitrogens is 2. The van der Waals surface area contributed by atoms with Crippen LogP contribution in [-0.2, 0) is 4.79 Å². The van der Waals surface area contributed by atoms with E-state index in [1.165, 1.54) is 4.79 Å². The first kappa shape index (κ1) is 12.4. The summed E-state index contributed by atoms with van der Waals surface area (Å²) in [6.45, 7) is 1.61. The molecule has 13 heavy (non-hydrogen) atoms. The number of rotatable bonds is 2. The Hall–Kier alpha value is -0.590. The lowest BCUT2D eigenvalue weighted by atomic mass is 10.4. The summed E-state index contributed by atoms with van der Waals surface area (Å²) in [7, 11) is 0. The van der Waals surface area contributed by atoms with Crippen molar-refractivity contribution >= 4 is 34.2 Å². The third-order valence-corrected chi connectivity index (χ3v) is 1.60. The first-order valence-corrected chi connectivity index (χ1v) is 4.15. The monoisotopic (exact) mass is 268 g/mol. The Labute approximate surface area is 90.2 Å². The van der Waals surface area contributed by atoms with Crippen LogP contribution < -0.4 is 11.2 Å². The molecule has 1 heterocycles. The molecule has 7 heteroatoms. The smallest absolute Gasteiger partial charge is 0.256 e. The number of carbonyl (C=O) groups excluding carboxylic acids is 1. The molecule has 0 saturated carbocycles. The molecule has 1 atom stereocenters. The average Bonchev–Trinajstić information content (AvgIpc) is 2.35. The molecule has 0 fully saturated rings. The Morgan fingerprint density at radius 1 is 1.85 bits per heavy atom. The van der Waals surface area contributed by atoms with E-state index in [1.807, 2.05) is 0 Å². The summed E-state index contributed by atoms with van der Waals surface area (Å²) in [5.41, 5.74) is 7.80. The van der Waals surface area contributed by atoms with Crippen molar-refractivity contribution < 1.29 is 4.79 Å². The van der Waals surface area contributed by atoms with Crippen molar-refractivity contribution in [3.63, 3.8) is 0 Å². The van der Waals surface area contributed by atoms with Crippen molar-refractivity contribution in [2.24, 2.45) is 5.73 Å². The molecule has 0 bridgehead atoms. The summed E-state index contributed by atoms with van der Waals surface area (Å²) < 4.78 is 0.799. The van der Waals surface area contributed by atoms with Gasteiger partial charge < -0.3 is 5.73 Å². The minimum absolute atomic E-state index is 0. The Bertz CT molecular complexity index is 288. The van der Waals surface area contributed by atoms with Gasteiger partial charge in [0, 0.05) is 0 Å². The lowest BCUT2D eigenvalue weighted by molar-refractivity contribution is -0.118. The molecule has 0 aliphatic carbocycles. The molecule has 74 valence electrons. The molecule has 0 radical (unpaired) electrons. The molecule has 1 aromatic heterocycles. The lowest BCUT2D eigenvalue weighted by Gasteiger charge is -2.05. The third-order valence-electron chi connectivity index (χ3n) is 1.19. The molecule has 3 N–H and O–H groups in total. The van der Waals surface area contributed by atoms with Gasteiger partial charge in [-0.2, -0.15) is 9.89 Å². The van der Waals surface area contributed by atoms with E-state index in [1.54, 1.807) is 19.3 Å².